The van der Waals surface area contributed by atoms with Crippen LogP contribution in [0.15, 0.2) is 42.7 Å². The number of nitrogens with zero attached hydrogens (tertiary/aromatic N) is 3. The van der Waals surface area contributed by atoms with Crippen molar-refractivity contribution in [3.05, 3.63) is 53.9 Å². The van der Waals surface area contributed by atoms with E-state index >= 15 is 0 Å². The Hall–Kier alpha value is -3.83. The third-order valence-corrected chi connectivity index (χ3v) is 8.46. The van der Waals surface area contributed by atoms with Crippen molar-refractivity contribution in [1.29, 1.82) is 0 Å². The van der Waals surface area contributed by atoms with Crippen LogP contribution in [0.2, 0.25) is 0 Å². The normalized spacial score (nSPS) is 23.7. The number of carbonyl (C=O) groups excluding carboxylic acids is 2. The van der Waals surface area contributed by atoms with Crippen molar-refractivity contribution in [1.82, 2.24) is 14.9 Å². The molecule has 6 rings (SSSR count). The summed E-state index contributed by atoms with van der Waals surface area (Å²) in [6, 6.07) is 9.43. The minimum atomic E-state index is -0.931. The van der Waals surface area contributed by atoms with Crippen molar-refractivity contribution in [2.45, 2.75) is 63.7 Å². The summed E-state index contributed by atoms with van der Waals surface area (Å²) in [6.45, 7) is 6.49. The summed E-state index contributed by atoms with van der Waals surface area (Å²) < 4.78 is 19.1. The van der Waals surface area contributed by atoms with Crippen LogP contribution in [-0.2, 0) is 16.0 Å². The van der Waals surface area contributed by atoms with E-state index in [4.69, 9.17) is 19.9 Å². The Morgan fingerprint density at radius 1 is 1.17 bits per heavy atom. The van der Waals surface area contributed by atoms with Crippen LogP contribution in [0.1, 0.15) is 55.5 Å². The number of aromatic nitrogens is 2. The molecule has 4 N–H and O–H groups in total. The third-order valence-electron chi connectivity index (χ3n) is 8.46. The number of pyridine rings is 1. The van der Waals surface area contributed by atoms with E-state index in [0.29, 0.717) is 30.3 Å². The van der Waals surface area contributed by atoms with Gasteiger partial charge < -0.3 is 35.3 Å². The molecule has 0 unspecified atom stereocenters. The lowest BCUT2D eigenvalue weighted by Gasteiger charge is -2.57. The molecule has 1 aromatic carbocycles. The summed E-state index contributed by atoms with van der Waals surface area (Å²) in [5.41, 5.74) is 7.98. The molecule has 2 aromatic heterocycles. The second kappa shape index (κ2) is 11.1. The van der Waals surface area contributed by atoms with Gasteiger partial charge in [-0.05, 0) is 69.2 Å². The van der Waals surface area contributed by atoms with Gasteiger partial charge in [0.1, 0.15) is 18.1 Å². The van der Waals surface area contributed by atoms with Gasteiger partial charge in [-0.3, -0.25) is 9.59 Å². The first-order chi connectivity index (χ1) is 20.1. The lowest BCUT2D eigenvalue weighted by Crippen LogP contribution is -2.59. The number of rotatable bonds is 10. The molecule has 2 saturated carbocycles. The van der Waals surface area contributed by atoms with Crippen LogP contribution in [-0.4, -0.2) is 77.2 Å². The van der Waals surface area contributed by atoms with E-state index in [2.05, 4.69) is 15.3 Å². The summed E-state index contributed by atoms with van der Waals surface area (Å²) in [6.07, 6.45) is 7.36. The Bertz CT molecular complexity index is 1460. The Kier molecular flexibility index (Phi) is 7.48. The number of fused-ring (bicyclic) bond motifs is 1. The first-order valence-electron chi connectivity index (χ1n) is 14.6. The molecule has 11 nitrogen and oxygen atoms in total. The molecular weight excluding hydrogens is 538 g/mol. The van der Waals surface area contributed by atoms with Gasteiger partial charge in [-0.1, -0.05) is 0 Å². The van der Waals surface area contributed by atoms with Crippen LogP contribution in [0, 0.1) is 5.41 Å². The van der Waals surface area contributed by atoms with Crippen LogP contribution in [0.5, 0.6) is 11.5 Å². The van der Waals surface area contributed by atoms with E-state index in [-0.39, 0.29) is 36.5 Å². The fraction of sp³-hybridized carbons (Fsp3) is 0.516. The molecule has 2 amide bonds. The molecule has 0 bridgehead atoms. The topological polar surface area (TPSA) is 141 Å². The fourth-order valence-corrected chi connectivity index (χ4v) is 6.37. The van der Waals surface area contributed by atoms with Gasteiger partial charge in [-0.15, -0.1) is 0 Å². The van der Waals surface area contributed by atoms with Crippen molar-refractivity contribution < 1.29 is 28.9 Å². The smallest absolute Gasteiger partial charge is 0.252 e. The van der Waals surface area contributed by atoms with E-state index < -0.39 is 11.5 Å². The maximum atomic E-state index is 12.8. The highest BCUT2D eigenvalue weighted by Gasteiger charge is 2.54. The zero-order valence-corrected chi connectivity index (χ0v) is 24.2. The molecular formula is C31H39N5O6. The summed E-state index contributed by atoms with van der Waals surface area (Å²) in [4.78, 5) is 27.1. The van der Waals surface area contributed by atoms with Crippen LogP contribution >= 0.6 is 0 Å². The minimum absolute atomic E-state index is 0.0229. The number of nitrogens with one attached hydrogen (secondary N) is 1. The van der Waals surface area contributed by atoms with E-state index in [0.717, 1.165) is 55.5 Å². The van der Waals surface area contributed by atoms with Gasteiger partial charge in [-0.2, -0.15) is 5.10 Å². The number of hydrogen-bond donors (Lipinski definition) is 3. The molecule has 11 heteroatoms. The SMILES string of the molecule is CC(C)(O)COc1ccc2c(CC(=O)NC3CC4(C3)CC(Oc3cc(N5CCOCC5)ccc3C(N)=O)C4)cnn2c1. The zero-order chi connectivity index (χ0) is 29.5. The monoisotopic (exact) mass is 577 g/mol. The number of ether oxygens (including phenoxy) is 3. The van der Waals surface area contributed by atoms with E-state index in [1.165, 1.54) is 0 Å². The van der Waals surface area contributed by atoms with Crippen molar-refractivity contribution in [2.24, 2.45) is 11.1 Å². The number of carbonyl (C=O) groups is 2. The van der Waals surface area contributed by atoms with Crippen molar-refractivity contribution in [3.63, 3.8) is 0 Å². The van der Waals surface area contributed by atoms with Gasteiger partial charge >= 0.3 is 0 Å². The number of benzene rings is 1. The lowest BCUT2D eigenvalue weighted by atomic mass is 9.53. The van der Waals surface area contributed by atoms with E-state index in [1.54, 1.807) is 36.8 Å². The number of morpholine rings is 1. The number of primary amides is 1. The Morgan fingerprint density at radius 2 is 1.93 bits per heavy atom. The molecule has 42 heavy (non-hydrogen) atoms. The van der Waals surface area contributed by atoms with Crippen molar-refractivity contribution in [3.8, 4) is 11.5 Å². The van der Waals surface area contributed by atoms with Crippen LogP contribution in [0.4, 0.5) is 5.69 Å². The lowest BCUT2D eigenvalue weighted by molar-refractivity contribution is -0.126. The number of anilines is 1. The number of aliphatic hydroxyl groups is 1. The highest BCUT2D eigenvalue weighted by molar-refractivity contribution is 5.96. The average molecular weight is 578 g/mol. The molecule has 2 aliphatic carbocycles. The van der Waals surface area contributed by atoms with Gasteiger partial charge in [-0.25, -0.2) is 4.52 Å². The fourth-order valence-electron chi connectivity index (χ4n) is 6.37. The summed E-state index contributed by atoms with van der Waals surface area (Å²) in [5, 5.41) is 17.4. The molecule has 3 fully saturated rings. The zero-order valence-electron chi connectivity index (χ0n) is 24.2. The maximum absolute atomic E-state index is 12.8. The quantitative estimate of drug-likeness (QED) is 0.334. The Labute approximate surface area is 244 Å². The summed E-state index contributed by atoms with van der Waals surface area (Å²) in [5.74, 6) is 0.622. The molecule has 224 valence electrons. The molecule has 3 aromatic rings. The van der Waals surface area contributed by atoms with E-state index in [9.17, 15) is 14.7 Å². The minimum Gasteiger partial charge on any atom is -0.489 e. The van der Waals surface area contributed by atoms with Crippen molar-refractivity contribution in [2.75, 3.05) is 37.8 Å². The van der Waals surface area contributed by atoms with Gasteiger partial charge in [0.05, 0.1) is 54.8 Å². The molecule has 1 spiro atoms. The average Bonchev–Trinajstić information content (AvgIpc) is 3.31. The Balaban J connectivity index is 0.985. The predicted octanol–water partition coefficient (Wildman–Crippen LogP) is 2.47. The second-order valence-corrected chi connectivity index (χ2v) is 12.6. The predicted molar refractivity (Wildman–Crippen MR) is 156 cm³/mol. The summed E-state index contributed by atoms with van der Waals surface area (Å²) >= 11 is 0. The van der Waals surface area contributed by atoms with Crippen molar-refractivity contribution >= 4 is 23.0 Å². The molecule has 0 atom stereocenters. The number of amides is 2. The van der Waals surface area contributed by atoms with Gasteiger partial charge in [0.25, 0.3) is 5.91 Å². The van der Waals surface area contributed by atoms with Gasteiger partial charge in [0.15, 0.2) is 0 Å². The maximum Gasteiger partial charge on any atom is 0.252 e. The standard InChI is InChI=1S/C31H39N5O6/c1-30(2,39)19-41-23-4-6-26-20(17-33-36(26)18-23)11-28(37)34-21-13-31(14-21)15-24(16-31)42-27-12-22(3-5-25(27)29(32)38)35-7-9-40-10-8-35/h3-6,12,17-18,21,24,39H,7-11,13-16,19H2,1-2H3,(H2,32,38)(H,34,37). The number of nitrogens with two attached hydrogens (primary N) is 1. The highest BCUT2D eigenvalue weighted by atomic mass is 16.5. The molecule has 1 aliphatic heterocycles. The largest absolute Gasteiger partial charge is 0.489 e. The first kappa shape index (κ1) is 28.3. The molecule has 0 radical (unpaired) electrons. The first-order valence-corrected chi connectivity index (χ1v) is 14.6. The van der Waals surface area contributed by atoms with Crippen LogP contribution in [0.25, 0.3) is 5.52 Å². The molecule has 3 aliphatic rings. The van der Waals surface area contributed by atoms with Gasteiger partial charge in [0.2, 0.25) is 5.91 Å². The van der Waals surface area contributed by atoms with Crippen LogP contribution in [0.3, 0.4) is 0 Å². The van der Waals surface area contributed by atoms with Crippen LogP contribution < -0.4 is 25.4 Å². The second-order valence-electron chi connectivity index (χ2n) is 12.6. The molecule has 1 saturated heterocycles. The van der Waals surface area contributed by atoms with E-state index in [1.807, 2.05) is 24.3 Å². The summed E-state index contributed by atoms with van der Waals surface area (Å²) in [7, 11) is 0. The molecule has 3 heterocycles. The van der Waals surface area contributed by atoms with Gasteiger partial charge in [0, 0.05) is 36.4 Å². The number of hydrogen-bond acceptors (Lipinski definition) is 8. The third kappa shape index (κ3) is 6.17. The Morgan fingerprint density at radius 3 is 2.64 bits per heavy atom. The highest BCUT2D eigenvalue weighted by Crippen LogP contribution is 2.57.